The van der Waals surface area contributed by atoms with Crippen molar-refractivity contribution in [2.75, 3.05) is 12.3 Å². The number of carbonyl (C=O) groups excluding carboxylic acids is 1. The summed E-state index contributed by atoms with van der Waals surface area (Å²) in [4.78, 5) is 12.5. The first-order valence-electron chi connectivity index (χ1n) is 7.49. The summed E-state index contributed by atoms with van der Waals surface area (Å²) >= 11 is 1.96. The first-order chi connectivity index (χ1) is 9.79. The molecule has 5 nitrogen and oxygen atoms in total. The number of H-pyrrole nitrogens is 1. The SMILES string of the molecule is CCSC1CCCC1NC(=O)c1n[nH]c2c1CNCC2. The lowest BCUT2D eigenvalue weighted by atomic mass is 10.1. The second-order valence-electron chi connectivity index (χ2n) is 5.46. The molecule has 1 fully saturated rings. The minimum atomic E-state index is -0.0141. The summed E-state index contributed by atoms with van der Waals surface area (Å²) in [6.45, 7) is 3.87. The van der Waals surface area contributed by atoms with Crippen LogP contribution < -0.4 is 10.6 Å². The Labute approximate surface area is 123 Å². The van der Waals surface area contributed by atoms with E-state index in [0.29, 0.717) is 17.0 Å². The molecule has 110 valence electrons. The number of amides is 1. The Balaban J connectivity index is 1.68. The van der Waals surface area contributed by atoms with Crippen molar-refractivity contribution in [1.29, 1.82) is 0 Å². The number of aromatic nitrogens is 2. The molecule has 2 aliphatic rings. The lowest BCUT2D eigenvalue weighted by molar-refractivity contribution is 0.0932. The molecule has 1 saturated carbocycles. The van der Waals surface area contributed by atoms with Crippen LogP contribution in [0.5, 0.6) is 0 Å². The smallest absolute Gasteiger partial charge is 0.272 e. The zero-order valence-corrected chi connectivity index (χ0v) is 12.7. The number of rotatable bonds is 4. The van der Waals surface area contributed by atoms with Gasteiger partial charge in [-0.05, 0) is 18.6 Å². The van der Waals surface area contributed by atoms with E-state index in [1.165, 1.54) is 12.8 Å². The molecule has 3 N–H and O–H groups in total. The van der Waals surface area contributed by atoms with Gasteiger partial charge in [0.15, 0.2) is 5.69 Å². The van der Waals surface area contributed by atoms with Crippen LogP contribution in [0.1, 0.15) is 47.9 Å². The Morgan fingerprint density at radius 3 is 3.25 bits per heavy atom. The van der Waals surface area contributed by atoms with E-state index in [2.05, 4.69) is 27.8 Å². The van der Waals surface area contributed by atoms with Gasteiger partial charge >= 0.3 is 0 Å². The molecule has 0 radical (unpaired) electrons. The molecule has 1 amide bonds. The second kappa shape index (κ2) is 6.18. The van der Waals surface area contributed by atoms with E-state index in [1.807, 2.05) is 11.8 Å². The number of aromatic amines is 1. The zero-order chi connectivity index (χ0) is 13.9. The number of hydrogen-bond acceptors (Lipinski definition) is 4. The third kappa shape index (κ3) is 2.72. The van der Waals surface area contributed by atoms with Gasteiger partial charge in [0.25, 0.3) is 5.91 Å². The second-order valence-corrected chi connectivity index (χ2v) is 6.98. The molecule has 1 aromatic heterocycles. The fraction of sp³-hybridized carbons (Fsp3) is 0.714. The zero-order valence-electron chi connectivity index (χ0n) is 11.9. The third-order valence-corrected chi connectivity index (χ3v) is 5.50. The molecule has 0 bridgehead atoms. The maximum atomic E-state index is 12.5. The molecule has 2 atom stereocenters. The highest BCUT2D eigenvalue weighted by Crippen LogP contribution is 2.30. The van der Waals surface area contributed by atoms with Crippen LogP contribution in [0.15, 0.2) is 0 Å². The minimum absolute atomic E-state index is 0.0141. The number of nitrogens with zero attached hydrogens (tertiary/aromatic N) is 1. The Hall–Kier alpha value is -1.01. The lowest BCUT2D eigenvalue weighted by Gasteiger charge is -2.20. The summed E-state index contributed by atoms with van der Waals surface area (Å²) in [6.07, 6.45) is 4.44. The summed E-state index contributed by atoms with van der Waals surface area (Å²) in [7, 11) is 0. The summed E-state index contributed by atoms with van der Waals surface area (Å²) in [5, 5.41) is 14.3. The Bertz CT molecular complexity index is 488. The average Bonchev–Trinajstić information content (AvgIpc) is 3.06. The van der Waals surface area contributed by atoms with Crippen molar-refractivity contribution in [1.82, 2.24) is 20.8 Å². The molecule has 1 aliphatic carbocycles. The largest absolute Gasteiger partial charge is 0.347 e. The van der Waals surface area contributed by atoms with Gasteiger partial charge in [-0.15, -0.1) is 0 Å². The normalized spacial score (nSPS) is 25.4. The first-order valence-corrected chi connectivity index (χ1v) is 8.53. The third-order valence-electron chi connectivity index (χ3n) is 4.17. The number of fused-ring (bicyclic) bond motifs is 1. The van der Waals surface area contributed by atoms with Gasteiger partial charge in [0.2, 0.25) is 0 Å². The van der Waals surface area contributed by atoms with E-state index in [1.54, 1.807) is 0 Å². The highest BCUT2D eigenvalue weighted by molar-refractivity contribution is 7.99. The maximum absolute atomic E-state index is 12.5. The fourth-order valence-electron chi connectivity index (χ4n) is 3.15. The monoisotopic (exact) mass is 294 g/mol. The Morgan fingerprint density at radius 1 is 1.50 bits per heavy atom. The number of thioether (sulfide) groups is 1. The van der Waals surface area contributed by atoms with Crippen LogP contribution in [-0.2, 0) is 13.0 Å². The summed E-state index contributed by atoms with van der Waals surface area (Å²) in [5.74, 6) is 1.10. The minimum Gasteiger partial charge on any atom is -0.347 e. The van der Waals surface area contributed by atoms with Gasteiger partial charge in [-0.1, -0.05) is 13.3 Å². The van der Waals surface area contributed by atoms with Gasteiger partial charge < -0.3 is 10.6 Å². The molecule has 3 rings (SSSR count). The van der Waals surface area contributed by atoms with Crippen LogP contribution in [-0.4, -0.2) is 39.7 Å². The highest BCUT2D eigenvalue weighted by atomic mass is 32.2. The fourth-order valence-corrected chi connectivity index (χ4v) is 4.35. The van der Waals surface area contributed by atoms with Crippen LogP contribution in [0.25, 0.3) is 0 Å². The predicted molar refractivity (Wildman–Crippen MR) is 81.0 cm³/mol. The number of carbonyl (C=O) groups is 1. The molecular formula is C14H22N4OS. The molecule has 1 aromatic rings. The summed E-state index contributed by atoms with van der Waals surface area (Å²) in [6, 6.07) is 0.302. The van der Waals surface area contributed by atoms with Gasteiger partial charge in [-0.2, -0.15) is 16.9 Å². The van der Waals surface area contributed by atoms with Gasteiger partial charge in [0, 0.05) is 42.1 Å². The van der Waals surface area contributed by atoms with Crippen LogP contribution in [0.2, 0.25) is 0 Å². The Morgan fingerprint density at radius 2 is 2.40 bits per heavy atom. The van der Waals surface area contributed by atoms with Gasteiger partial charge in [0.1, 0.15) is 0 Å². The van der Waals surface area contributed by atoms with Crippen LogP contribution in [0, 0.1) is 0 Å². The van der Waals surface area contributed by atoms with Crippen molar-refractivity contribution >= 4 is 17.7 Å². The van der Waals surface area contributed by atoms with Crippen molar-refractivity contribution in [3.63, 3.8) is 0 Å². The highest BCUT2D eigenvalue weighted by Gasteiger charge is 2.30. The molecule has 20 heavy (non-hydrogen) atoms. The number of hydrogen-bond donors (Lipinski definition) is 3. The van der Waals surface area contributed by atoms with Gasteiger partial charge in [0.05, 0.1) is 0 Å². The van der Waals surface area contributed by atoms with Crippen molar-refractivity contribution in [2.24, 2.45) is 0 Å². The first kappa shape index (κ1) is 13.9. The van der Waals surface area contributed by atoms with E-state index in [0.717, 1.165) is 42.9 Å². The van der Waals surface area contributed by atoms with Crippen LogP contribution >= 0.6 is 11.8 Å². The molecule has 2 heterocycles. The topological polar surface area (TPSA) is 69.8 Å². The average molecular weight is 294 g/mol. The lowest BCUT2D eigenvalue weighted by Crippen LogP contribution is -2.39. The molecular weight excluding hydrogens is 272 g/mol. The quantitative estimate of drug-likeness (QED) is 0.786. The van der Waals surface area contributed by atoms with E-state index in [9.17, 15) is 4.79 Å². The van der Waals surface area contributed by atoms with Crippen molar-refractivity contribution in [3.05, 3.63) is 17.0 Å². The van der Waals surface area contributed by atoms with Gasteiger partial charge in [-0.25, -0.2) is 0 Å². The van der Waals surface area contributed by atoms with E-state index in [4.69, 9.17) is 0 Å². The molecule has 0 spiro atoms. The van der Waals surface area contributed by atoms with E-state index < -0.39 is 0 Å². The van der Waals surface area contributed by atoms with E-state index in [-0.39, 0.29) is 5.91 Å². The Kier molecular flexibility index (Phi) is 4.31. The standard InChI is InChI=1S/C14H22N4OS/c1-2-20-12-5-3-4-11(12)16-14(19)13-9-8-15-7-6-10(9)17-18-13/h11-12,15H,2-8H2,1H3,(H,16,19)(H,17,18). The van der Waals surface area contributed by atoms with Crippen molar-refractivity contribution in [3.8, 4) is 0 Å². The maximum Gasteiger partial charge on any atom is 0.272 e. The predicted octanol–water partition coefficient (Wildman–Crippen LogP) is 1.46. The number of nitrogens with one attached hydrogen (secondary N) is 3. The van der Waals surface area contributed by atoms with Crippen molar-refractivity contribution in [2.45, 2.75) is 50.4 Å². The molecule has 1 aliphatic heterocycles. The van der Waals surface area contributed by atoms with Crippen LogP contribution in [0.3, 0.4) is 0 Å². The van der Waals surface area contributed by atoms with Crippen molar-refractivity contribution < 1.29 is 4.79 Å². The van der Waals surface area contributed by atoms with Gasteiger partial charge in [-0.3, -0.25) is 9.89 Å². The molecule has 2 unspecified atom stereocenters. The van der Waals surface area contributed by atoms with E-state index >= 15 is 0 Å². The molecule has 0 saturated heterocycles. The molecule has 6 heteroatoms. The van der Waals surface area contributed by atoms with Crippen LogP contribution in [0.4, 0.5) is 0 Å². The summed E-state index contributed by atoms with van der Waals surface area (Å²) in [5.41, 5.74) is 2.74. The summed E-state index contributed by atoms with van der Waals surface area (Å²) < 4.78 is 0. The molecule has 0 aromatic carbocycles.